The van der Waals surface area contributed by atoms with Crippen LogP contribution >= 0.6 is 0 Å². The summed E-state index contributed by atoms with van der Waals surface area (Å²) in [5, 5.41) is 6.94. The Kier molecular flexibility index (Phi) is 8.83. The Bertz CT molecular complexity index is 1420. The highest BCUT2D eigenvalue weighted by atomic mass is 19.2. The fourth-order valence-corrected chi connectivity index (χ4v) is 4.09. The molecule has 3 heterocycles. The van der Waals surface area contributed by atoms with Crippen molar-refractivity contribution in [2.75, 3.05) is 38.1 Å². The minimum atomic E-state index is -1.70. The Hall–Kier alpha value is -4.56. The fourth-order valence-electron chi connectivity index (χ4n) is 4.09. The summed E-state index contributed by atoms with van der Waals surface area (Å²) in [6, 6.07) is 1.92. The zero-order valence-corrected chi connectivity index (χ0v) is 22.4. The van der Waals surface area contributed by atoms with Crippen molar-refractivity contribution in [3.63, 3.8) is 0 Å². The van der Waals surface area contributed by atoms with Crippen LogP contribution in [0.15, 0.2) is 28.8 Å². The van der Waals surface area contributed by atoms with E-state index in [0.29, 0.717) is 37.6 Å². The largest absolute Gasteiger partial charge is 0.479 e. The number of benzene rings is 1. The molecule has 0 aliphatic carbocycles. The number of amides is 3. The van der Waals surface area contributed by atoms with Crippen molar-refractivity contribution in [3.05, 3.63) is 64.9 Å². The molecule has 1 saturated heterocycles. The summed E-state index contributed by atoms with van der Waals surface area (Å²) < 4.78 is 70.9. The molecule has 2 aromatic heterocycles. The van der Waals surface area contributed by atoms with Crippen LogP contribution in [0.25, 0.3) is 0 Å². The molecular weight excluding hydrogens is 554 g/mol. The fraction of sp³-hybridized carbons (Fsp3) is 0.385. The number of furan rings is 1. The van der Waals surface area contributed by atoms with Gasteiger partial charge in [0.25, 0.3) is 5.91 Å². The van der Waals surface area contributed by atoms with Crippen molar-refractivity contribution in [2.24, 2.45) is 0 Å². The summed E-state index contributed by atoms with van der Waals surface area (Å²) in [6.07, 6.45) is 1.07. The summed E-state index contributed by atoms with van der Waals surface area (Å²) >= 11 is 0. The van der Waals surface area contributed by atoms with Crippen LogP contribution in [0.3, 0.4) is 0 Å². The lowest BCUT2D eigenvalue weighted by Gasteiger charge is -2.35. The second-order valence-electron chi connectivity index (χ2n) is 9.10. The lowest BCUT2D eigenvalue weighted by atomic mass is 10.2. The zero-order chi connectivity index (χ0) is 29.8. The maximum absolute atomic E-state index is 13.8. The molecule has 15 heteroatoms. The Morgan fingerprint density at radius 3 is 2.32 bits per heavy atom. The Morgan fingerprint density at radius 1 is 1.05 bits per heavy atom. The van der Waals surface area contributed by atoms with Crippen molar-refractivity contribution in [1.29, 1.82) is 0 Å². The average molecular weight is 582 g/mol. The number of carbonyl (C=O) groups is 3. The Balaban J connectivity index is 1.35. The van der Waals surface area contributed by atoms with Gasteiger partial charge in [0.2, 0.25) is 17.5 Å². The highest BCUT2D eigenvalue weighted by Gasteiger charge is 2.29. The molecule has 0 saturated carbocycles. The number of piperazine rings is 1. The topological polar surface area (TPSA) is 119 Å². The molecule has 0 spiro atoms. The maximum Gasteiger partial charge on any atom is 0.409 e. The second-order valence-corrected chi connectivity index (χ2v) is 9.10. The van der Waals surface area contributed by atoms with Crippen LogP contribution in [0, 0.1) is 30.2 Å². The minimum absolute atomic E-state index is 0.0479. The number of halogens is 4. The summed E-state index contributed by atoms with van der Waals surface area (Å²) in [4.78, 5) is 40.8. The van der Waals surface area contributed by atoms with E-state index >= 15 is 0 Å². The first kappa shape index (κ1) is 29.4. The first-order valence-corrected chi connectivity index (χ1v) is 12.6. The smallest absolute Gasteiger partial charge is 0.409 e. The molecule has 1 atom stereocenters. The highest BCUT2D eigenvalue weighted by Crippen LogP contribution is 2.27. The van der Waals surface area contributed by atoms with Crippen molar-refractivity contribution < 1.29 is 45.8 Å². The highest BCUT2D eigenvalue weighted by molar-refractivity contribution is 6.02. The van der Waals surface area contributed by atoms with Crippen LogP contribution in [-0.2, 0) is 16.1 Å². The van der Waals surface area contributed by atoms with Crippen LogP contribution in [0.1, 0.15) is 41.9 Å². The van der Waals surface area contributed by atoms with Crippen molar-refractivity contribution in [2.45, 2.75) is 33.4 Å². The van der Waals surface area contributed by atoms with Gasteiger partial charge in [0.1, 0.15) is 18.4 Å². The van der Waals surface area contributed by atoms with E-state index in [-0.39, 0.29) is 30.1 Å². The molecule has 1 aromatic carbocycles. The van der Waals surface area contributed by atoms with Gasteiger partial charge in [0.05, 0.1) is 18.0 Å². The molecule has 4 rings (SSSR count). The molecular formula is C26H27F4N5O6. The van der Waals surface area contributed by atoms with Gasteiger partial charge in [0, 0.05) is 38.4 Å². The molecule has 3 amide bonds. The van der Waals surface area contributed by atoms with Crippen LogP contribution in [0.5, 0.6) is 5.75 Å². The van der Waals surface area contributed by atoms with Gasteiger partial charge < -0.3 is 29.0 Å². The van der Waals surface area contributed by atoms with Crippen LogP contribution in [-0.4, -0.2) is 70.3 Å². The lowest BCUT2D eigenvalue weighted by molar-refractivity contribution is -0.136. The predicted molar refractivity (Wildman–Crippen MR) is 134 cm³/mol. The van der Waals surface area contributed by atoms with Gasteiger partial charge in [-0.05, 0) is 32.9 Å². The van der Waals surface area contributed by atoms with Gasteiger partial charge in [-0.3, -0.25) is 14.3 Å². The average Bonchev–Trinajstić information content (AvgIpc) is 3.58. The van der Waals surface area contributed by atoms with Crippen molar-refractivity contribution in [1.82, 2.24) is 19.6 Å². The molecule has 11 nitrogen and oxygen atoms in total. The van der Waals surface area contributed by atoms with Crippen LogP contribution < -0.4 is 10.1 Å². The van der Waals surface area contributed by atoms with Gasteiger partial charge in [-0.2, -0.15) is 13.9 Å². The standard InChI is InChI=1S/C26H27F4N5O6/c1-4-39-26(38)34-9-7-33(8-10-34)25(37)15(3)35-12-19(14(2)32-35)31-24(36)20-6-5-16(41-20)13-40-23-21(29)17(27)11-18(28)22(23)30/h5-6,11-12,15H,4,7-10,13H2,1-3H3,(H,31,36). The van der Waals surface area contributed by atoms with E-state index in [9.17, 15) is 31.9 Å². The van der Waals surface area contributed by atoms with E-state index in [1.54, 1.807) is 25.7 Å². The molecule has 1 aliphatic rings. The maximum atomic E-state index is 13.8. The molecule has 3 aromatic rings. The first-order valence-electron chi connectivity index (χ1n) is 12.6. The summed E-state index contributed by atoms with van der Waals surface area (Å²) in [6.45, 7) is 6.02. The zero-order valence-electron chi connectivity index (χ0n) is 22.4. The van der Waals surface area contributed by atoms with E-state index < -0.39 is 53.7 Å². The molecule has 0 radical (unpaired) electrons. The van der Waals surface area contributed by atoms with Crippen molar-refractivity contribution >= 4 is 23.6 Å². The summed E-state index contributed by atoms with van der Waals surface area (Å²) in [5.74, 6) is -9.04. The molecule has 1 unspecified atom stereocenters. The van der Waals surface area contributed by atoms with E-state index in [1.165, 1.54) is 27.9 Å². The van der Waals surface area contributed by atoms with Gasteiger partial charge >= 0.3 is 6.09 Å². The third-order valence-electron chi connectivity index (χ3n) is 6.35. The number of hydrogen-bond acceptors (Lipinski definition) is 7. The molecule has 1 aliphatic heterocycles. The van der Waals surface area contributed by atoms with E-state index in [1.807, 2.05) is 0 Å². The number of nitrogens with one attached hydrogen (secondary N) is 1. The third-order valence-corrected chi connectivity index (χ3v) is 6.35. The second kappa shape index (κ2) is 12.3. The molecule has 220 valence electrons. The monoisotopic (exact) mass is 581 g/mol. The Labute approximate surface area is 231 Å². The number of carbonyl (C=O) groups excluding carboxylic acids is 3. The molecule has 41 heavy (non-hydrogen) atoms. The number of aromatic nitrogens is 2. The van der Waals surface area contributed by atoms with E-state index in [4.69, 9.17) is 13.9 Å². The van der Waals surface area contributed by atoms with Crippen molar-refractivity contribution in [3.8, 4) is 5.75 Å². The number of hydrogen-bond donors (Lipinski definition) is 1. The quantitative estimate of drug-likeness (QED) is 0.315. The summed E-state index contributed by atoms with van der Waals surface area (Å²) in [7, 11) is 0. The molecule has 1 N–H and O–H groups in total. The van der Waals surface area contributed by atoms with Gasteiger partial charge in [-0.25, -0.2) is 13.6 Å². The molecule has 1 fully saturated rings. The summed E-state index contributed by atoms with van der Waals surface area (Å²) in [5.41, 5.74) is 0.717. The van der Waals surface area contributed by atoms with Gasteiger partial charge in [-0.1, -0.05) is 0 Å². The number of anilines is 1. The third kappa shape index (κ3) is 6.44. The minimum Gasteiger partial charge on any atom is -0.479 e. The predicted octanol–water partition coefficient (Wildman–Crippen LogP) is 4.03. The Morgan fingerprint density at radius 2 is 1.68 bits per heavy atom. The SMILES string of the molecule is CCOC(=O)N1CCN(C(=O)C(C)n2cc(NC(=O)c3ccc(COc4c(F)c(F)cc(F)c4F)o3)c(C)n2)CC1. The molecule has 0 bridgehead atoms. The first-order chi connectivity index (χ1) is 19.5. The van der Waals surface area contributed by atoms with Crippen LogP contribution in [0.4, 0.5) is 28.0 Å². The van der Waals surface area contributed by atoms with Gasteiger partial charge in [-0.15, -0.1) is 0 Å². The number of ether oxygens (including phenoxy) is 2. The van der Waals surface area contributed by atoms with Crippen LogP contribution in [0.2, 0.25) is 0 Å². The van der Waals surface area contributed by atoms with E-state index in [0.717, 1.165) is 0 Å². The number of aryl methyl sites for hydroxylation is 1. The normalized spacial score (nSPS) is 14.1. The lowest BCUT2D eigenvalue weighted by Crippen LogP contribution is -2.52. The van der Waals surface area contributed by atoms with E-state index in [2.05, 4.69) is 10.4 Å². The number of rotatable bonds is 8. The van der Waals surface area contributed by atoms with Gasteiger partial charge in [0.15, 0.2) is 23.1 Å². The number of nitrogens with zero attached hydrogens (tertiary/aromatic N) is 4.